The Morgan fingerprint density at radius 2 is 1.62 bits per heavy atom. The van der Waals surface area contributed by atoms with E-state index in [9.17, 15) is 9.59 Å². The van der Waals surface area contributed by atoms with E-state index in [1.54, 1.807) is 0 Å². The molecule has 5 nitrogen and oxygen atoms in total. The number of nitrogens with two attached hydrogens (primary N) is 1. The first-order valence-electron chi connectivity index (χ1n) is 8.44. The van der Waals surface area contributed by atoms with E-state index >= 15 is 0 Å². The van der Waals surface area contributed by atoms with E-state index in [4.69, 9.17) is 5.73 Å². The second kappa shape index (κ2) is 7.78. The van der Waals surface area contributed by atoms with Gasteiger partial charge in [0.05, 0.1) is 5.41 Å². The van der Waals surface area contributed by atoms with Crippen LogP contribution in [0.4, 0.5) is 0 Å². The van der Waals surface area contributed by atoms with E-state index < -0.39 is 0 Å². The van der Waals surface area contributed by atoms with Crippen molar-refractivity contribution in [2.45, 2.75) is 57.8 Å². The summed E-state index contributed by atoms with van der Waals surface area (Å²) in [6.07, 6.45) is 8.97. The lowest BCUT2D eigenvalue weighted by molar-refractivity contribution is -0.133. The van der Waals surface area contributed by atoms with E-state index in [0.29, 0.717) is 19.5 Å². The Balaban J connectivity index is 1.74. The highest BCUT2D eigenvalue weighted by Gasteiger charge is 2.37. The SMILES string of the molecule is NCC1(C(=O)NCCC(=O)N2CCCCC2)CCCCC1. The van der Waals surface area contributed by atoms with Crippen LogP contribution in [0.5, 0.6) is 0 Å². The highest BCUT2D eigenvalue weighted by molar-refractivity contribution is 5.84. The minimum absolute atomic E-state index is 0.0520. The molecule has 1 aliphatic carbocycles. The number of hydrogen-bond acceptors (Lipinski definition) is 3. The maximum atomic E-state index is 12.4. The average Bonchev–Trinajstić information content (AvgIpc) is 2.56. The Kier molecular flexibility index (Phi) is 6.03. The molecule has 0 bridgehead atoms. The third kappa shape index (κ3) is 4.19. The zero-order valence-electron chi connectivity index (χ0n) is 13.0. The Bertz CT molecular complexity index is 359. The molecule has 120 valence electrons. The van der Waals surface area contributed by atoms with Crippen LogP contribution in [-0.4, -0.2) is 42.9 Å². The first-order chi connectivity index (χ1) is 10.2. The van der Waals surface area contributed by atoms with Crippen LogP contribution in [-0.2, 0) is 9.59 Å². The molecule has 0 spiro atoms. The van der Waals surface area contributed by atoms with Gasteiger partial charge in [0.25, 0.3) is 0 Å². The van der Waals surface area contributed by atoms with Gasteiger partial charge in [0, 0.05) is 32.6 Å². The minimum Gasteiger partial charge on any atom is -0.355 e. The fraction of sp³-hybridized carbons (Fsp3) is 0.875. The molecule has 1 saturated heterocycles. The maximum absolute atomic E-state index is 12.4. The summed E-state index contributed by atoms with van der Waals surface area (Å²) in [7, 11) is 0. The first-order valence-corrected chi connectivity index (χ1v) is 8.44. The number of rotatable bonds is 5. The molecule has 2 rings (SSSR count). The van der Waals surface area contributed by atoms with Crippen LogP contribution in [0, 0.1) is 5.41 Å². The van der Waals surface area contributed by atoms with Gasteiger partial charge in [0.15, 0.2) is 0 Å². The van der Waals surface area contributed by atoms with Crippen molar-refractivity contribution in [1.82, 2.24) is 10.2 Å². The molecule has 2 aliphatic rings. The Hall–Kier alpha value is -1.10. The fourth-order valence-corrected chi connectivity index (χ4v) is 3.52. The summed E-state index contributed by atoms with van der Waals surface area (Å²) in [6.45, 7) is 2.61. The average molecular weight is 295 g/mol. The van der Waals surface area contributed by atoms with Gasteiger partial charge in [-0.25, -0.2) is 0 Å². The van der Waals surface area contributed by atoms with Crippen molar-refractivity contribution in [2.75, 3.05) is 26.2 Å². The summed E-state index contributed by atoms with van der Waals surface area (Å²) in [6, 6.07) is 0. The summed E-state index contributed by atoms with van der Waals surface area (Å²) >= 11 is 0. The molecule has 0 unspecified atom stereocenters. The van der Waals surface area contributed by atoms with Gasteiger partial charge in [-0.15, -0.1) is 0 Å². The van der Waals surface area contributed by atoms with Crippen LogP contribution in [0.2, 0.25) is 0 Å². The molecule has 0 aromatic heterocycles. The second-order valence-corrected chi connectivity index (χ2v) is 6.49. The van der Waals surface area contributed by atoms with Crippen LogP contribution in [0.1, 0.15) is 57.8 Å². The lowest BCUT2D eigenvalue weighted by Gasteiger charge is -2.34. The monoisotopic (exact) mass is 295 g/mol. The number of nitrogens with zero attached hydrogens (tertiary/aromatic N) is 1. The zero-order chi connectivity index (χ0) is 15.1. The minimum atomic E-state index is -0.383. The van der Waals surface area contributed by atoms with Gasteiger partial charge in [-0.3, -0.25) is 9.59 Å². The predicted molar refractivity (Wildman–Crippen MR) is 82.6 cm³/mol. The molecule has 1 aliphatic heterocycles. The molecule has 0 aromatic rings. The standard InChI is InChI=1S/C16H29N3O2/c17-13-16(8-3-1-4-9-16)15(21)18-10-7-14(20)19-11-5-2-6-12-19/h1-13,17H2,(H,18,21). The lowest BCUT2D eigenvalue weighted by atomic mass is 9.73. The van der Waals surface area contributed by atoms with Crippen molar-refractivity contribution in [1.29, 1.82) is 0 Å². The van der Waals surface area contributed by atoms with Gasteiger partial charge in [0.1, 0.15) is 0 Å². The quantitative estimate of drug-likeness (QED) is 0.805. The van der Waals surface area contributed by atoms with Gasteiger partial charge in [-0.2, -0.15) is 0 Å². The number of piperidine rings is 1. The van der Waals surface area contributed by atoms with E-state index in [0.717, 1.165) is 51.6 Å². The fourth-order valence-electron chi connectivity index (χ4n) is 3.52. The Morgan fingerprint density at radius 1 is 1.00 bits per heavy atom. The van der Waals surface area contributed by atoms with Crippen LogP contribution < -0.4 is 11.1 Å². The lowest BCUT2D eigenvalue weighted by Crippen LogP contribution is -2.48. The summed E-state index contributed by atoms with van der Waals surface area (Å²) < 4.78 is 0. The molecular formula is C16H29N3O2. The third-order valence-electron chi connectivity index (χ3n) is 5.02. The number of carbonyl (C=O) groups excluding carboxylic acids is 2. The Morgan fingerprint density at radius 3 is 2.24 bits per heavy atom. The Labute approximate surface area is 127 Å². The van der Waals surface area contributed by atoms with Gasteiger partial charge in [0.2, 0.25) is 11.8 Å². The van der Waals surface area contributed by atoms with Crippen LogP contribution in [0.25, 0.3) is 0 Å². The van der Waals surface area contributed by atoms with Crippen LogP contribution >= 0.6 is 0 Å². The van der Waals surface area contributed by atoms with Crippen molar-refractivity contribution < 1.29 is 9.59 Å². The highest BCUT2D eigenvalue weighted by Crippen LogP contribution is 2.35. The van der Waals surface area contributed by atoms with Crippen molar-refractivity contribution in [3.8, 4) is 0 Å². The van der Waals surface area contributed by atoms with E-state index in [-0.39, 0.29) is 17.2 Å². The molecule has 21 heavy (non-hydrogen) atoms. The van der Waals surface area contributed by atoms with Crippen molar-refractivity contribution in [2.24, 2.45) is 11.1 Å². The number of nitrogens with one attached hydrogen (secondary N) is 1. The van der Waals surface area contributed by atoms with Gasteiger partial charge < -0.3 is 16.0 Å². The molecule has 0 radical (unpaired) electrons. The van der Waals surface area contributed by atoms with E-state index in [1.165, 1.54) is 12.8 Å². The molecule has 1 saturated carbocycles. The molecule has 2 fully saturated rings. The largest absolute Gasteiger partial charge is 0.355 e. The third-order valence-corrected chi connectivity index (χ3v) is 5.02. The molecule has 0 atom stereocenters. The second-order valence-electron chi connectivity index (χ2n) is 6.49. The molecule has 3 N–H and O–H groups in total. The topological polar surface area (TPSA) is 75.4 Å². The van der Waals surface area contributed by atoms with Crippen molar-refractivity contribution in [3.63, 3.8) is 0 Å². The molecule has 1 heterocycles. The van der Waals surface area contributed by atoms with E-state index in [1.807, 2.05) is 4.90 Å². The molecular weight excluding hydrogens is 266 g/mol. The number of amides is 2. The summed E-state index contributed by atoms with van der Waals surface area (Å²) in [4.78, 5) is 26.4. The zero-order valence-corrected chi connectivity index (χ0v) is 13.0. The van der Waals surface area contributed by atoms with Gasteiger partial charge in [-0.1, -0.05) is 19.3 Å². The summed E-state index contributed by atoms with van der Waals surface area (Å²) in [5.41, 5.74) is 5.47. The molecule has 5 heteroatoms. The number of hydrogen-bond donors (Lipinski definition) is 2. The normalized spacial score (nSPS) is 21.9. The maximum Gasteiger partial charge on any atom is 0.227 e. The summed E-state index contributed by atoms with van der Waals surface area (Å²) in [5, 5.41) is 2.95. The number of likely N-dealkylation sites (tertiary alicyclic amines) is 1. The smallest absolute Gasteiger partial charge is 0.227 e. The highest BCUT2D eigenvalue weighted by atomic mass is 16.2. The number of carbonyl (C=O) groups is 2. The van der Waals surface area contributed by atoms with Gasteiger partial charge in [-0.05, 0) is 32.1 Å². The van der Waals surface area contributed by atoms with Crippen LogP contribution in [0.15, 0.2) is 0 Å². The molecule has 0 aromatic carbocycles. The van der Waals surface area contributed by atoms with Gasteiger partial charge >= 0.3 is 0 Å². The first kappa shape index (κ1) is 16.3. The molecule has 2 amide bonds. The van der Waals surface area contributed by atoms with Crippen molar-refractivity contribution in [3.05, 3.63) is 0 Å². The summed E-state index contributed by atoms with van der Waals surface area (Å²) in [5.74, 6) is 0.219. The van der Waals surface area contributed by atoms with Crippen LogP contribution in [0.3, 0.4) is 0 Å². The predicted octanol–water partition coefficient (Wildman–Crippen LogP) is 1.41. The van der Waals surface area contributed by atoms with E-state index in [2.05, 4.69) is 5.32 Å². The van der Waals surface area contributed by atoms with Crippen molar-refractivity contribution >= 4 is 11.8 Å².